The Morgan fingerprint density at radius 2 is 1.76 bits per heavy atom. The summed E-state index contributed by atoms with van der Waals surface area (Å²) in [7, 11) is 0. The minimum atomic E-state index is -0.274. The average molecular weight is 238 g/mol. The molecule has 0 spiro atoms. The van der Waals surface area contributed by atoms with E-state index in [0.717, 1.165) is 6.42 Å². The maximum atomic E-state index is 9.01. The third-order valence-corrected chi connectivity index (χ3v) is 2.37. The van der Waals surface area contributed by atoms with Crippen molar-refractivity contribution in [3.05, 3.63) is 35.9 Å². The predicted octanol–water partition coefficient (Wildman–Crippen LogP) is 2.38. The standard InChI is InChI=1S/C14H22O3/c1-13(15)8-11-16-9-5-10-17-12-14-6-3-2-4-7-14/h2-4,6-7,13,15H,5,8-12H2,1H3/t13-/m1/s1. The molecular formula is C14H22O3. The van der Waals surface area contributed by atoms with Crippen LogP contribution < -0.4 is 0 Å². The number of aliphatic hydroxyl groups is 1. The molecule has 0 fully saturated rings. The molecule has 0 aromatic heterocycles. The SMILES string of the molecule is C[C@@H](O)CCOCCCOCc1ccccc1. The molecule has 1 atom stereocenters. The maximum absolute atomic E-state index is 9.01. The van der Waals surface area contributed by atoms with Gasteiger partial charge in [-0.2, -0.15) is 0 Å². The van der Waals surface area contributed by atoms with Gasteiger partial charge in [0.25, 0.3) is 0 Å². The summed E-state index contributed by atoms with van der Waals surface area (Å²) in [6.07, 6.45) is 1.32. The van der Waals surface area contributed by atoms with Gasteiger partial charge in [0.15, 0.2) is 0 Å². The summed E-state index contributed by atoms with van der Waals surface area (Å²) in [4.78, 5) is 0. The second-order valence-corrected chi connectivity index (χ2v) is 4.14. The highest BCUT2D eigenvalue weighted by Gasteiger charge is 1.96. The summed E-state index contributed by atoms with van der Waals surface area (Å²) in [5.41, 5.74) is 1.20. The molecule has 0 aliphatic carbocycles. The minimum absolute atomic E-state index is 0.274. The van der Waals surface area contributed by atoms with Crippen LogP contribution in [0.15, 0.2) is 30.3 Å². The lowest BCUT2D eigenvalue weighted by Crippen LogP contribution is -2.07. The molecule has 1 aromatic rings. The molecule has 0 unspecified atom stereocenters. The second kappa shape index (κ2) is 9.16. The van der Waals surface area contributed by atoms with E-state index in [1.54, 1.807) is 6.92 Å². The third-order valence-electron chi connectivity index (χ3n) is 2.37. The second-order valence-electron chi connectivity index (χ2n) is 4.14. The average Bonchev–Trinajstić information content (AvgIpc) is 2.33. The van der Waals surface area contributed by atoms with Gasteiger partial charge in [-0.05, 0) is 25.3 Å². The van der Waals surface area contributed by atoms with E-state index in [-0.39, 0.29) is 6.10 Å². The number of aliphatic hydroxyl groups excluding tert-OH is 1. The summed E-state index contributed by atoms with van der Waals surface area (Å²) in [5.74, 6) is 0. The van der Waals surface area contributed by atoms with Crippen molar-refractivity contribution in [2.24, 2.45) is 0 Å². The molecule has 0 saturated carbocycles. The summed E-state index contributed by atoms with van der Waals surface area (Å²) >= 11 is 0. The zero-order valence-electron chi connectivity index (χ0n) is 10.5. The third kappa shape index (κ3) is 7.91. The Kier molecular flexibility index (Phi) is 7.63. The van der Waals surface area contributed by atoms with E-state index in [4.69, 9.17) is 14.6 Å². The van der Waals surface area contributed by atoms with Gasteiger partial charge in [0.1, 0.15) is 0 Å². The van der Waals surface area contributed by atoms with E-state index in [1.807, 2.05) is 18.2 Å². The van der Waals surface area contributed by atoms with Crippen LogP contribution in [0.4, 0.5) is 0 Å². The molecule has 1 aromatic carbocycles. The maximum Gasteiger partial charge on any atom is 0.0716 e. The fraction of sp³-hybridized carbons (Fsp3) is 0.571. The van der Waals surface area contributed by atoms with Crippen molar-refractivity contribution in [3.63, 3.8) is 0 Å². The number of rotatable bonds is 9. The van der Waals surface area contributed by atoms with Crippen molar-refractivity contribution < 1.29 is 14.6 Å². The van der Waals surface area contributed by atoms with E-state index < -0.39 is 0 Å². The highest BCUT2D eigenvalue weighted by atomic mass is 16.5. The highest BCUT2D eigenvalue weighted by molar-refractivity contribution is 5.13. The fourth-order valence-corrected chi connectivity index (χ4v) is 1.38. The molecule has 0 bridgehead atoms. The molecule has 0 saturated heterocycles. The Hall–Kier alpha value is -0.900. The van der Waals surface area contributed by atoms with Gasteiger partial charge in [-0.3, -0.25) is 0 Å². The van der Waals surface area contributed by atoms with Crippen molar-refractivity contribution in [2.45, 2.75) is 32.5 Å². The Morgan fingerprint density at radius 1 is 1.06 bits per heavy atom. The minimum Gasteiger partial charge on any atom is -0.393 e. The van der Waals surface area contributed by atoms with Gasteiger partial charge in [0.2, 0.25) is 0 Å². The van der Waals surface area contributed by atoms with Gasteiger partial charge in [0, 0.05) is 19.8 Å². The zero-order valence-corrected chi connectivity index (χ0v) is 10.5. The number of benzene rings is 1. The lowest BCUT2D eigenvalue weighted by molar-refractivity contribution is 0.0602. The van der Waals surface area contributed by atoms with Crippen molar-refractivity contribution in [1.82, 2.24) is 0 Å². The van der Waals surface area contributed by atoms with Crippen LogP contribution in [0.25, 0.3) is 0 Å². The quantitative estimate of drug-likeness (QED) is 0.671. The molecule has 0 heterocycles. The van der Waals surface area contributed by atoms with Gasteiger partial charge in [-0.25, -0.2) is 0 Å². The van der Waals surface area contributed by atoms with Crippen LogP contribution in [0.5, 0.6) is 0 Å². The van der Waals surface area contributed by atoms with Crippen LogP contribution >= 0.6 is 0 Å². The Morgan fingerprint density at radius 3 is 2.47 bits per heavy atom. The first-order chi connectivity index (χ1) is 8.29. The normalized spacial score (nSPS) is 12.6. The van der Waals surface area contributed by atoms with Crippen LogP contribution in [-0.4, -0.2) is 31.0 Å². The molecule has 3 nitrogen and oxygen atoms in total. The van der Waals surface area contributed by atoms with Crippen molar-refractivity contribution in [1.29, 1.82) is 0 Å². The number of hydrogen-bond donors (Lipinski definition) is 1. The van der Waals surface area contributed by atoms with E-state index in [9.17, 15) is 0 Å². The summed E-state index contributed by atoms with van der Waals surface area (Å²) in [6.45, 7) is 4.46. The predicted molar refractivity (Wildman–Crippen MR) is 67.8 cm³/mol. The summed E-state index contributed by atoms with van der Waals surface area (Å²) in [5, 5.41) is 9.01. The van der Waals surface area contributed by atoms with Crippen LogP contribution in [0.2, 0.25) is 0 Å². The molecule has 0 aliphatic heterocycles. The van der Waals surface area contributed by atoms with Gasteiger partial charge in [-0.1, -0.05) is 30.3 Å². The molecule has 3 heteroatoms. The van der Waals surface area contributed by atoms with Crippen LogP contribution in [0.3, 0.4) is 0 Å². The van der Waals surface area contributed by atoms with E-state index >= 15 is 0 Å². The number of hydrogen-bond acceptors (Lipinski definition) is 3. The summed E-state index contributed by atoms with van der Waals surface area (Å²) in [6, 6.07) is 10.1. The van der Waals surface area contributed by atoms with Crippen molar-refractivity contribution in [3.8, 4) is 0 Å². The topological polar surface area (TPSA) is 38.7 Å². The zero-order chi connectivity index (χ0) is 12.3. The smallest absolute Gasteiger partial charge is 0.0716 e. The molecule has 0 amide bonds. The molecule has 1 rings (SSSR count). The van der Waals surface area contributed by atoms with Gasteiger partial charge in [0.05, 0.1) is 12.7 Å². The summed E-state index contributed by atoms with van der Waals surface area (Å²) < 4.78 is 10.9. The van der Waals surface area contributed by atoms with Gasteiger partial charge >= 0.3 is 0 Å². The monoisotopic (exact) mass is 238 g/mol. The molecule has 96 valence electrons. The van der Waals surface area contributed by atoms with Gasteiger partial charge in [-0.15, -0.1) is 0 Å². The van der Waals surface area contributed by atoms with Crippen LogP contribution in [-0.2, 0) is 16.1 Å². The van der Waals surface area contributed by atoms with E-state index in [2.05, 4.69) is 12.1 Å². The largest absolute Gasteiger partial charge is 0.393 e. The number of ether oxygens (including phenoxy) is 2. The molecule has 17 heavy (non-hydrogen) atoms. The molecular weight excluding hydrogens is 216 g/mol. The first-order valence-electron chi connectivity index (χ1n) is 6.16. The lowest BCUT2D eigenvalue weighted by Gasteiger charge is -2.06. The van der Waals surface area contributed by atoms with E-state index in [1.165, 1.54) is 5.56 Å². The Balaban J connectivity index is 1.88. The fourth-order valence-electron chi connectivity index (χ4n) is 1.38. The lowest BCUT2D eigenvalue weighted by atomic mass is 10.2. The molecule has 0 aliphatic rings. The van der Waals surface area contributed by atoms with Crippen LogP contribution in [0.1, 0.15) is 25.3 Å². The Labute approximate surface area is 103 Å². The van der Waals surface area contributed by atoms with E-state index in [0.29, 0.717) is 32.8 Å². The first-order valence-corrected chi connectivity index (χ1v) is 6.16. The molecule has 0 radical (unpaired) electrons. The Bertz CT molecular complexity index is 272. The van der Waals surface area contributed by atoms with Crippen LogP contribution in [0, 0.1) is 0 Å². The van der Waals surface area contributed by atoms with Crippen molar-refractivity contribution >= 4 is 0 Å². The van der Waals surface area contributed by atoms with Crippen molar-refractivity contribution in [2.75, 3.05) is 19.8 Å². The molecule has 1 N–H and O–H groups in total. The first kappa shape index (κ1) is 14.2. The highest BCUT2D eigenvalue weighted by Crippen LogP contribution is 2.00. The van der Waals surface area contributed by atoms with Gasteiger partial charge < -0.3 is 14.6 Å².